The van der Waals surface area contributed by atoms with Crippen LogP contribution in [0.5, 0.6) is 0 Å². The van der Waals surface area contributed by atoms with Crippen molar-refractivity contribution in [1.82, 2.24) is 4.57 Å². The highest BCUT2D eigenvalue weighted by Gasteiger charge is 2.20. The number of benzene rings is 2. The average Bonchev–Trinajstić information content (AvgIpc) is 3.02. The van der Waals surface area contributed by atoms with E-state index in [2.05, 4.69) is 35.5 Å². The first-order chi connectivity index (χ1) is 13.8. The highest BCUT2D eigenvalue weighted by Crippen LogP contribution is 2.23. The Kier molecular flexibility index (Phi) is 6.65. The zero-order chi connectivity index (χ0) is 21.2. The van der Waals surface area contributed by atoms with Crippen LogP contribution in [0.4, 0.5) is 0 Å². The van der Waals surface area contributed by atoms with E-state index in [0.717, 1.165) is 22.5 Å². The molecular formula is C21H24N2O3S3. The van der Waals surface area contributed by atoms with Crippen LogP contribution < -0.4 is 4.80 Å². The van der Waals surface area contributed by atoms with Gasteiger partial charge >= 0.3 is 0 Å². The molecule has 3 rings (SSSR count). The molecule has 0 bridgehead atoms. The van der Waals surface area contributed by atoms with Crippen LogP contribution in [0.15, 0.2) is 46.3 Å². The molecule has 0 aliphatic rings. The predicted octanol–water partition coefficient (Wildman–Crippen LogP) is 4.22. The Morgan fingerprint density at radius 1 is 1.17 bits per heavy atom. The topological polar surface area (TPSA) is 68.5 Å². The van der Waals surface area contributed by atoms with Crippen molar-refractivity contribution in [3.05, 3.63) is 57.9 Å². The molecule has 0 radical (unpaired) electrons. The van der Waals surface area contributed by atoms with E-state index in [-0.39, 0.29) is 16.2 Å². The first-order valence-electron chi connectivity index (χ1n) is 9.29. The molecule has 1 aromatic heterocycles. The van der Waals surface area contributed by atoms with Crippen molar-refractivity contribution >= 4 is 49.1 Å². The Morgan fingerprint density at radius 3 is 2.55 bits per heavy atom. The van der Waals surface area contributed by atoms with Crippen molar-refractivity contribution in [2.24, 2.45) is 4.99 Å². The third kappa shape index (κ3) is 4.49. The van der Waals surface area contributed by atoms with Crippen molar-refractivity contribution in [3.63, 3.8) is 0 Å². The maximum atomic E-state index is 13.0. The summed E-state index contributed by atoms with van der Waals surface area (Å²) in [5, 5.41) is 0. The van der Waals surface area contributed by atoms with Crippen LogP contribution in [0.1, 0.15) is 28.4 Å². The van der Waals surface area contributed by atoms with Gasteiger partial charge in [-0.15, -0.1) is 0 Å². The molecule has 0 atom stereocenters. The number of fused-ring (bicyclic) bond motifs is 1. The Bertz CT molecular complexity index is 1240. The van der Waals surface area contributed by atoms with Crippen LogP contribution in [0.25, 0.3) is 10.2 Å². The van der Waals surface area contributed by atoms with Gasteiger partial charge in [-0.25, -0.2) is 8.42 Å². The zero-order valence-corrected chi connectivity index (χ0v) is 19.4. The smallest absolute Gasteiger partial charge is 0.280 e. The Hall–Kier alpha value is -1.90. The molecule has 3 aromatic rings. The number of carbonyl (C=O) groups is 1. The van der Waals surface area contributed by atoms with Gasteiger partial charge < -0.3 is 4.57 Å². The molecule has 8 heteroatoms. The lowest BCUT2D eigenvalue weighted by Crippen LogP contribution is -2.19. The van der Waals surface area contributed by atoms with Crippen molar-refractivity contribution in [2.45, 2.75) is 32.2 Å². The number of rotatable bonds is 6. The lowest BCUT2D eigenvalue weighted by molar-refractivity contribution is 0.0994. The highest BCUT2D eigenvalue weighted by atomic mass is 32.2. The van der Waals surface area contributed by atoms with Crippen LogP contribution in [0.3, 0.4) is 0 Å². The number of carbonyl (C=O) groups excluding carboxylic acids is 1. The summed E-state index contributed by atoms with van der Waals surface area (Å²) in [7, 11) is -3.51. The minimum atomic E-state index is -3.51. The maximum Gasteiger partial charge on any atom is 0.280 e. The molecule has 0 N–H and O–H groups in total. The average molecular weight is 449 g/mol. The fourth-order valence-electron chi connectivity index (χ4n) is 3.02. The van der Waals surface area contributed by atoms with Gasteiger partial charge in [-0.2, -0.15) is 16.8 Å². The summed E-state index contributed by atoms with van der Waals surface area (Å²) < 4.78 is 27.9. The second kappa shape index (κ2) is 8.85. The molecule has 0 aliphatic heterocycles. The van der Waals surface area contributed by atoms with E-state index < -0.39 is 15.7 Å². The van der Waals surface area contributed by atoms with Gasteiger partial charge in [0.2, 0.25) is 0 Å². The standard InChI is InChI=1S/C21H24N2O3S3/c1-5-29(25,26)19-9-7-6-8-16(19)20(24)22-21-23(10-11-27-4)17-12-14(2)15(3)13-18(17)28-21/h6-9,12-13H,5,10-11H2,1-4H3. The predicted molar refractivity (Wildman–Crippen MR) is 122 cm³/mol. The molecule has 1 heterocycles. The van der Waals surface area contributed by atoms with Gasteiger partial charge in [0.1, 0.15) is 0 Å². The summed E-state index contributed by atoms with van der Waals surface area (Å²) in [5.74, 6) is 0.295. The minimum Gasteiger partial charge on any atom is -0.315 e. The van der Waals surface area contributed by atoms with Crippen molar-refractivity contribution in [2.75, 3.05) is 17.8 Å². The van der Waals surface area contributed by atoms with Gasteiger partial charge in [-0.3, -0.25) is 4.79 Å². The molecule has 0 saturated heterocycles. The summed E-state index contributed by atoms with van der Waals surface area (Å²) in [5.41, 5.74) is 3.54. The van der Waals surface area contributed by atoms with Gasteiger partial charge in [0.25, 0.3) is 5.91 Å². The SMILES string of the molecule is CCS(=O)(=O)c1ccccc1C(=O)N=c1sc2cc(C)c(C)cc2n1CCSC. The van der Waals surface area contributed by atoms with Crippen LogP contribution in [0, 0.1) is 13.8 Å². The largest absolute Gasteiger partial charge is 0.315 e. The molecule has 0 unspecified atom stereocenters. The van der Waals surface area contributed by atoms with E-state index in [4.69, 9.17) is 0 Å². The molecule has 154 valence electrons. The van der Waals surface area contributed by atoms with Gasteiger partial charge in [-0.1, -0.05) is 30.4 Å². The Labute approximate surface area is 179 Å². The number of sulfone groups is 1. The van der Waals surface area contributed by atoms with Gasteiger partial charge in [0, 0.05) is 12.3 Å². The molecule has 1 amide bonds. The monoisotopic (exact) mass is 448 g/mol. The molecule has 0 saturated carbocycles. The first kappa shape index (κ1) is 21.8. The molecular weight excluding hydrogens is 424 g/mol. The van der Waals surface area contributed by atoms with E-state index in [0.29, 0.717) is 4.80 Å². The molecule has 0 aliphatic carbocycles. The second-order valence-corrected chi connectivity index (χ2v) is 11.0. The molecule has 5 nitrogen and oxygen atoms in total. The fraction of sp³-hybridized carbons (Fsp3) is 0.333. The third-order valence-corrected chi connectivity index (χ3v) is 8.27. The van der Waals surface area contributed by atoms with Crippen LogP contribution >= 0.6 is 23.1 Å². The minimum absolute atomic E-state index is 0.0414. The lowest BCUT2D eigenvalue weighted by atomic mass is 10.1. The number of aromatic nitrogens is 1. The number of hydrogen-bond donors (Lipinski definition) is 0. The molecule has 29 heavy (non-hydrogen) atoms. The summed E-state index contributed by atoms with van der Waals surface area (Å²) in [6.07, 6.45) is 2.04. The van der Waals surface area contributed by atoms with Crippen LogP contribution in [-0.4, -0.2) is 36.7 Å². The number of amides is 1. The summed E-state index contributed by atoms with van der Waals surface area (Å²) in [4.78, 5) is 18.0. The summed E-state index contributed by atoms with van der Waals surface area (Å²) in [6.45, 7) is 6.43. The Morgan fingerprint density at radius 2 is 1.86 bits per heavy atom. The summed E-state index contributed by atoms with van der Waals surface area (Å²) in [6, 6.07) is 10.5. The summed E-state index contributed by atoms with van der Waals surface area (Å²) >= 11 is 3.18. The maximum absolute atomic E-state index is 13.0. The van der Waals surface area contributed by atoms with Crippen molar-refractivity contribution < 1.29 is 13.2 Å². The quantitative estimate of drug-likeness (QED) is 0.566. The highest BCUT2D eigenvalue weighted by molar-refractivity contribution is 7.98. The zero-order valence-electron chi connectivity index (χ0n) is 16.9. The van der Waals surface area contributed by atoms with Crippen LogP contribution in [-0.2, 0) is 16.4 Å². The van der Waals surface area contributed by atoms with Gasteiger partial charge in [0.15, 0.2) is 14.6 Å². The van der Waals surface area contributed by atoms with Crippen LogP contribution in [0.2, 0.25) is 0 Å². The van der Waals surface area contributed by atoms with E-state index in [1.807, 2.05) is 6.26 Å². The number of thiazole rings is 1. The lowest BCUT2D eigenvalue weighted by Gasteiger charge is -2.07. The van der Waals surface area contributed by atoms with E-state index in [9.17, 15) is 13.2 Å². The molecule has 0 fully saturated rings. The van der Waals surface area contributed by atoms with E-state index >= 15 is 0 Å². The van der Waals surface area contributed by atoms with Crippen molar-refractivity contribution in [1.29, 1.82) is 0 Å². The number of thioether (sulfide) groups is 1. The molecule has 0 spiro atoms. The number of nitrogens with zero attached hydrogens (tertiary/aromatic N) is 2. The van der Waals surface area contributed by atoms with E-state index in [1.54, 1.807) is 30.8 Å². The number of aryl methyl sites for hydroxylation is 3. The third-order valence-electron chi connectivity index (χ3n) is 4.85. The normalized spacial score (nSPS) is 12.6. The fourth-order valence-corrected chi connectivity index (χ4v) is 5.61. The Balaban J connectivity index is 2.19. The number of hydrogen-bond acceptors (Lipinski definition) is 5. The van der Waals surface area contributed by atoms with Crippen molar-refractivity contribution in [3.8, 4) is 0 Å². The second-order valence-electron chi connectivity index (χ2n) is 6.75. The first-order valence-corrected chi connectivity index (χ1v) is 13.1. The van der Waals surface area contributed by atoms with E-state index in [1.165, 1.54) is 34.6 Å². The van der Waals surface area contributed by atoms with Gasteiger partial charge in [-0.05, 0) is 55.5 Å². The van der Waals surface area contributed by atoms with Gasteiger partial charge in [0.05, 0.1) is 26.4 Å². The molecule has 2 aromatic carbocycles.